The second-order valence-corrected chi connectivity index (χ2v) is 11.9. The Morgan fingerprint density at radius 2 is 1.76 bits per heavy atom. The summed E-state index contributed by atoms with van der Waals surface area (Å²) in [6, 6.07) is 12.0. The number of amides is 2. The topological polar surface area (TPSA) is 106 Å². The summed E-state index contributed by atoms with van der Waals surface area (Å²) in [4.78, 5) is 31.7. The van der Waals surface area contributed by atoms with Gasteiger partial charge in [0.15, 0.2) is 0 Å². The van der Waals surface area contributed by atoms with Crippen LogP contribution in [0.25, 0.3) is 11.1 Å². The maximum Gasteiger partial charge on any atom is 0.407 e. The Kier molecular flexibility index (Phi) is 10.1. The number of hydrogen-bond donors (Lipinski definition) is 3. The highest BCUT2D eigenvalue weighted by molar-refractivity contribution is 7.09. The standard InChI is InChI=1S/C30H40N4O3S/c1-19(2)14-26-25(18-33-29(36)37-30(4,5)6)28(22-11-9-21(16-31)10-12-22)24(20(3)34-26)15-27(35)32-17-23-8-7-13-38-23/h7-13,19H,14-18,31H2,1-6H3,(H,32,35)(H,33,36). The average Bonchev–Trinajstić information content (AvgIpc) is 3.36. The first-order valence-electron chi connectivity index (χ1n) is 13.0. The number of aromatic nitrogens is 1. The molecular formula is C30H40N4O3S. The van der Waals surface area contributed by atoms with E-state index in [1.807, 2.05) is 69.5 Å². The van der Waals surface area contributed by atoms with Crippen molar-refractivity contribution in [2.45, 2.75) is 79.6 Å². The molecule has 0 saturated heterocycles. The molecule has 0 spiro atoms. The van der Waals surface area contributed by atoms with Crippen LogP contribution in [0.4, 0.5) is 4.79 Å². The minimum absolute atomic E-state index is 0.0780. The van der Waals surface area contributed by atoms with E-state index in [-0.39, 0.29) is 18.9 Å². The zero-order valence-corrected chi connectivity index (χ0v) is 24.1. The number of hydrogen-bond acceptors (Lipinski definition) is 6. The Morgan fingerprint density at radius 3 is 2.34 bits per heavy atom. The quantitative estimate of drug-likeness (QED) is 0.310. The third-order valence-corrected chi connectivity index (χ3v) is 6.83. The summed E-state index contributed by atoms with van der Waals surface area (Å²) in [6.45, 7) is 12.9. The van der Waals surface area contributed by atoms with Gasteiger partial charge < -0.3 is 21.1 Å². The zero-order valence-electron chi connectivity index (χ0n) is 23.3. The number of nitrogens with two attached hydrogens (primary N) is 1. The SMILES string of the molecule is Cc1nc(CC(C)C)c(CNC(=O)OC(C)(C)C)c(-c2ccc(CN)cc2)c1CC(=O)NCc1cccs1. The lowest BCUT2D eigenvalue weighted by Crippen LogP contribution is -2.33. The molecule has 2 heterocycles. The zero-order chi connectivity index (χ0) is 27.9. The van der Waals surface area contributed by atoms with E-state index in [0.717, 1.165) is 50.5 Å². The van der Waals surface area contributed by atoms with Gasteiger partial charge in [-0.2, -0.15) is 0 Å². The van der Waals surface area contributed by atoms with Gasteiger partial charge in [-0.3, -0.25) is 9.78 Å². The molecule has 0 aliphatic heterocycles. The predicted molar refractivity (Wildman–Crippen MR) is 154 cm³/mol. The number of pyridine rings is 1. The van der Waals surface area contributed by atoms with Crippen LogP contribution >= 0.6 is 11.3 Å². The smallest absolute Gasteiger partial charge is 0.407 e. The van der Waals surface area contributed by atoms with Crippen molar-refractivity contribution in [2.24, 2.45) is 11.7 Å². The van der Waals surface area contributed by atoms with E-state index in [9.17, 15) is 9.59 Å². The number of rotatable bonds is 10. The van der Waals surface area contributed by atoms with Crippen LogP contribution in [0.2, 0.25) is 0 Å². The maximum absolute atomic E-state index is 13.1. The lowest BCUT2D eigenvalue weighted by Gasteiger charge is -2.23. The van der Waals surface area contributed by atoms with Crippen LogP contribution in [0.3, 0.4) is 0 Å². The van der Waals surface area contributed by atoms with Crippen molar-refractivity contribution in [3.63, 3.8) is 0 Å². The summed E-state index contributed by atoms with van der Waals surface area (Å²) in [5.74, 6) is 0.278. The summed E-state index contributed by atoms with van der Waals surface area (Å²) >= 11 is 1.61. The fourth-order valence-corrected chi connectivity index (χ4v) is 4.90. The molecule has 38 heavy (non-hydrogen) atoms. The third-order valence-electron chi connectivity index (χ3n) is 5.96. The molecule has 0 saturated carbocycles. The Hall–Kier alpha value is -3.23. The van der Waals surface area contributed by atoms with Crippen molar-refractivity contribution < 1.29 is 14.3 Å². The molecule has 0 atom stereocenters. The fourth-order valence-electron chi connectivity index (χ4n) is 4.26. The van der Waals surface area contributed by atoms with Gasteiger partial charge in [-0.25, -0.2) is 4.79 Å². The van der Waals surface area contributed by atoms with Crippen LogP contribution < -0.4 is 16.4 Å². The minimum atomic E-state index is -0.608. The van der Waals surface area contributed by atoms with Crippen molar-refractivity contribution in [1.29, 1.82) is 0 Å². The Morgan fingerprint density at radius 1 is 1.05 bits per heavy atom. The van der Waals surface area contributed by atoms with Gasteiger partial charge in [0, 0.05) is 34.9 Å². The molecule has 0 radical (unpaired) electrons. The Balaban J connectivity index is 2.06. The molecule has 1 aromatic carbocycles. The summed E-state index contributed by atoms with van der Waals surface area (Å²) in [5, 5.41) is 7.96. The number of nitrogens with zero attached hydrogens (tertiary/aromatic N) is 1. The van der Waals surface area contributed by atoms with Crippen molar-refractivity contribution in [3.8, 4) is 11.1 Å². The Bertz CT molecular complexity index is 1230. The van der Waals surface area contributed by atoms with E-state index in [4.69, 9.17) is 15.5 Å². The van der Waals surface area contributed by atoms with E-state index in [1.54, 1.807) is 11.3 Å². The number of ether oxygens (including phenoxy) is 1. The number of aryl methyl sites for hydroxylation is 1. The molecule has 2 amide bonds. The summed E-state index contributed by atoms with van der Waals surface area (Å²) in [5.41, 5.74) is 11.6. The molecule has 0 fully saturated rings. The van der Waals surface area contributed by atoms with Gasteiger partial charge >= 0.3 is 6.09 Å². The summed E-state index contributed by atoms with van der Waals surface area (Å²) < 4.78 is 5.49. The first kappa shape index (κ1) is 29.3. The molecule has 7 nitrogen and oxygen atoms in total. The summed E-state index contributed by atoms with van der Waals surface area (Å²) in [7, 11) is 0. The van der Waals surface area contributed by atoms with Crippen molar-refractivity contribution in [2.75, 3.05) is 0 Å². The molecule has 0 unspecified atom stereocenters. The number of thiophene rings is 1. The highest BCUT2D eigenvalue weighted by atomic mass is 32.1. The van der Waals surface area contributed by atoms with Crippen LogP contribution in [0.15, 0.2) is 41.8 Å². The van der Waals surface area contributed by atoms with E-state index in [0.29, 0.717) is 19.0 Å². The van der Waals surface area contributed by atoms with Crippen LogP contribution in [0.1, 0.15) is 67.6 Å². The molecular weight excluding hydrogens is 496 g/mol. The van der Waals surface area contributed by atoms with Gasteiger partial charge in [0.05, 0.1) is 13.0 Å². The van der Waals surface area contributed by atoms with Gasteiger partial charge in [-0.1, -0.05) is 44.2 Å². The molecule has 2 aromatic heterocycles. The molecule has 3 rings (SSSR count). The largest absolute Gasteiger partial charge is 0.444 e. The van der Waals surface area contributed by atoms with E-state index >= 15 is 0 Å². The molecule has 0 aliphatic carbocycles. The van der Waals surface area contributed by atoms with Crippen LogP contribution in [0.5, 0.6) is 0 Å². The number of carbonyl (C=O) groups is 2. The lowest BCUT2D eigenvalue weighted by molar-refractivity contribution is -0.120. The second-order valence-electron chi connectivity index (χ2n) is 10.9. The third kappa shape index (κ3) is 8.39. The van der Waals surface area contributed by atoms with Crippen molar-refractivity contribution in [1.82, 2.24) is 15.6 Å². The normalized spacial score (nSPS) is 11.5. The molecule has 0 bridgehead atoms. The van der Waals surface area contributed by atoms with Crippen LogP contribution in [-0.4, -0.2) is 22.6 Å². The number of nitrogens with one attached hydrogen (secondary N) is 2. The maximum atomic E-state index is 13.1. The highest BCUT2D eigenvalue weighted by Gasteiger charge is 2.23. The molecule has 4 N–H and O–H groups in total. The van der Waals surface area contributed by atoms with Gasteiger partial charge in [0.25, 0.3) is 0 Å². The van der Waals surface area contributed by atoms with Gasteiger partial charge in [-0.15, -0.1) is 11.3 Å². The highest BCUT2D eigenvalue weighted by Crippen LogP contribution is 2.33. The molecule has 3 aromatic rings. The van der Waals surface area contributed by atoms with E-state index in [1.165, 1.54) is 0 Å². The van der Waals surface area contributed by atoms with E-state index in [2.05, 4.69) is 24.5 Å². The van der Waals surface area contributed by atoms with E-state index < -0.39 is 11.7 Å². The van der Waals surface area contributed by atoms with Gasteiger partial charge in [0.2, 0.25) is 5.91 Å². The van der Waals surface area contributed by atoms with Crippen LogP contribution in [-0.2, 0) is 42.0 Å². The lowest BCUT2D eigenvalue weighted by atomic mass is 9.88. The number of carbonyl (C=O) groups excluding carboxylic acids is 2. The monoisotopic (exact) mass is 536 g/mol. The summed E-state index contributed by atoms with van der Waals surface area (Å²) in [6.07, 6.45) is 0.429. The second kappa shape index (κ2) is 13.0. The minimum Gasteiger partial charge on any atom is -0.444 e. The Labute approximate surface area is 230 Å². The first-order valence-corrected chi connectivity index (χ1v) is 13.9. The molecule has 204 valence electrons. The predicted octanol–water partition coefficient (Wildman–Crippen LogP) is 5.66. The van der Waals surface area contributed by atoms with Crippen molar-refractivity contribution >= 4 is 23.3 Å². The average molecular weight is 537 g/mol. The molecule has 8 heteroatoms. The van der Waals surface area contributed by atoms with Crippen LogP contribution in [0, 0.1) is 12.8 Å². The number of benzene rings is 1. The number of alkyl carbamates (subject to hydrolysis) is 1. The molecule has 0 aliphatic rings. The van der Waals surface area contributed by atoms with Gasteiger partial charge in [0.1, 0.15) is 5.60 Å². The first-order chi connectivity index (χ1) is 18.0. The van der Waals surface area contributed by atoms with Gasteiger partial charge in [-0.05, 0) is 73.7 Å². The van der Waals surface area contributed by atoms with Crippen molar-refractivity contribution in [3.05, 3.63) is 74.7 Å². The fraction of sp³-hybridized carbons (Fsp3) is 0.433.